The van der Waals surface area contributed by atoms with Gasteiger partial charge in [-0.2, -0.15) is 0 Å². The van der Waals surface area contributed by atoms with Gasteiger partial charge in [-0.15, -0.1) is 0 Å². The minimum absolute atomic E-state index is 0.0405. The number of rotatable bonds is 6. The Morgan fingerprint density at radius 2 is 1.60 bits per heavy atom. The summed E-state index contributed by atoms with van der Waals surface area (Å²) < 4.78 is 5.52. The van der Waals surface area contributed by atoms with Gasteiger partial charge in [0, 0.05) is 38.6 Å². The molecule has 1 saturated heterocycles. The van der Waals surface area contributed by atoms with Crippen LogP contribution in [0.4, 0.5) is 4.79 Å². The van der Waals surface area contributed by atoms with Crippen molar-refractivity contribution in [2.75, 3.05) is 26.2 Å². The summed E-state index contributed by atoms with van der Waals surface area (Å²) in [6, 6.07) is 6.43. The zero-order valence-electron chi connectivity index (χ0n) is 26.5. The highest BCUT2D eigenvalue weighted by Gasteiger charge is 2.55. The molecule has 4 bridgehead atoms. The number of aryl methyl sites for hydroxylation is 2. The molecule has 5 atom stereocenters. The van der Waals surface area contributed by atoms with Gasteiger partial charge in [-0.3, -0.25) is 9.59 Å². The fourth-order valence-electron chi connectivity index (χ4n) is 8.13. The molecule has 42 heavy (non-hydrogen) atoms. The third kappa shape index (κ3) is 6.79. The summed E-state index contributed by atoms with van der Waals surface area (Å²) in [5.74, 6) is 1.47. The highest BCUT2D eigenvalue weighted by Crippen LogP contribution is 2.55. The van der Waals surface area contributed by atoms with Crippen LogP contribution >= 0.6 is 0 Å². The summed E-state index contributed by atoms with van der Waals surface area (Å²) in [7, 11) is 0. The molecule has 1 aromatic carbocycles. The third-order valence-corrected chi connectivity index (χ3v) is 10.1. The van der Waals surface area contributed by atoms with Crippen molar-refractivity contribution in [3.63, 3.8) is 0 Å². The summed E-state index contributed by atoms with van der Waals surface area (Å²) in [5, 5.41) is 14.4. The van der Waals surface area contributed by atoms with Crippen LogP contribution in [0, 0.1) is 24.7 Å². The average molecular weight is 582 g/mol. The fraction of sp³-hybridized carbons (Fsp3) is 0.735. The zero-order chi connectivity index (χ0) is 30.4. The fourth-order valence-corrected chi connectivity index (χ4v) is 8.13. The molecule has 8 heteroatoms. The zero-order valence-corrected chi connectivity index (χ0v) is 26.5. The molecule has 5 aliphatic rings. The molecule has 2 N–H and O–H groups in total. The molecule has 0 spiro atoms. The minimum Gasteiger partial charge on any atom is -0.444 e. The largest absolute Gasteiger partial charge is 0.444 e. The van der Waals surface area contributed by atoms with Crippen molar-refractivity contribution in [1.29, 1.82) is 0 Å². The molecule has 3 unspecified atom stereocenters. The lowest BCUT2D eigenvalue weighted by molar-refractivity contribution is -0.148. The van der Waals surface area contributed by atoms with Crippen LogP contribution in [0.25, 0.3) is 0 Å². The van der Waals surface area contributed by atoms with Gasteiger partial charge in [0.1, 0.15) is 5.60 Å². The molecule has 3 amide bonds. The van der Waals surface area contributed by atoms with Crippen molar-refractivity contribution in [2.45, 2.75) is 116 Å². The molecule has 0 radical (unpaired) electrons. The molecular weight excluding hydrogens is 530 g/mol. The van der Waals surface area contributed by atoms with Crippen molar-refractivity contribution in [2.24, 2.45) is 17.8 Å². The summed E-state index contributed by atoms with van der Waals surface area (Å²) in [4.78, 5) is 43.0. The van der Waals surface area contributed by atoms with Gasteiger partial charge < -0.3 is 25.0 Å². The number of amides is 3. The molecule has 4 aliphatic carbocycles. The van der Waals surface area contributed by atoms with Gasteiger partial charge in [0.15, 0.2) is 0 Å². The van der Waals surface area contributed by atoms with E-state index in [0.29, 0.717) is 56.8 Å². The van der Waals surface area contributed by atoms with Crippen LogP contribution < -0.4 is 5.32 Å². The van der Waals surface area contributed by atoms with Crippen LogP contribution in [0.1, 0.15) is 96.3 Å². The number of nitrogens with zero attached hydrogens (tertiary/aromatic N) is 2. The Balaban J connectivity index is 1.18. The topological polar surface area (TPSA) is 99.2 Å². The molecule has 1 aliphatic heterocycles. The molecule has 0 aromatic heterocycles. The summed E-state index contributed by atoms with van der Waals surface area (Å²) in [5.41, 5.74) is 1.33. The van der Waals surface area contributed by atoms with E-state index in [1.807, 2.05) is 46.4 Å². The van der Waals surface area contributed by atoms with E-state index in [0.717, 1.165) is 55.2 Å². The molecule has 5 fully saturated rings. The Labute approximate surface area is 251 Å². The van der Waals surface area contributed by atoms with E-state index in [1.54, 1.807) is 4.90 Å². The standard InChI is InChI=1S/C34H51N3O5/c1-22-14-23(8-9-28(38)36-10-7-11-37(13-12-36)31(40)42-32(2,3)4)18-27(15-22)33(5,6)30(39)35-29-25-16-24-17-26(29)21-34(41,19-24)20-25/h14-15,18,24-26,29,41H,7-13,16-17,19-21H2,1-6H3,(H,35,39)/t24?,25-,26+,29?,34?. The quantitative estimate of drug-likeness (QED) is 0.506. The van der Waals surface area contributed by atoms with E-state index in [4.69, 9.17) is 4.74 Å². The Bertz CT molecular complexity index is 1190. The first kappa shape index (κ1) is 30.8. The maximum absolute atomic E-state index is 13.7. The third-order valence-electron chi connectivity index (χ3n) is 10.1. The van der Waals surface area contributed by atoms with E-state index in [9.17, 15) is 19.5 Å². The van der Waals surface area contributed by atoms with Crippen molar-refractivity contribution >= 4 is 17.9 Å². The van der Waals surface area contributed by atoms with Crippen LogP contribution in [0.2, 0.25) is 0 Å². The number of hydrogen-bond acceptors (Lipinski definition) is 5. The van der Waals surface area contributed by atoms with Crippen LogP contribution in [0.5, 0.6) is 0 Å². The normalized spacial score (nSPS) is 29.3. The van der Waals surface area contributed by atoms with E-state index in [2.05, 4.69) is 23.5 Å². The highest BCUT2D eigenvalue weighted by molar-refractivity contribution is 5.87. The monoisotopic (exact) mass is 581 g/mol. The van der Waals surface area contributed by atoms with Crippen molar-refractivity contribution in [1.82, 2.24) is 15.1 Å². The number of aliphatic hydroxyl groups is 1. The average Bonchev–Trinajstić information content (AvgIpc) is 3.14. The highest BCUT2D eigenvalue weighted by atomic mass is 16.6. The number of benzene rings is 1. The molecule has 6 rings (SSSR count). The first-order valence-electron chi connectivity index (χ1n) is 16.0. The number of hydrogen-bond donors (Lipinski definition) is 2. The van der Waals surface area contributed by atoms with Gasteiger partial charge in [0.25, 0.3) is 0 Å². The minimum atomic E-state index is -0.716. The molecule has 8 nitrogen and oxygen atoms in total. The summed E-state index contributed by atoms with van der Waals surface area (Å²) in [6.07, 6.45) is 6.17. The van der Waals surface area contributed by atoms with E-state index in [-0.39, 0.29) is 23.9 Å². The second-order valence-electron chi connectivity index (χ2n) is 15.2. The van der Waals surface area contributed by atoms with E-state index >= 15 is 0 Å². The number of carbonyl (C=O) groups is 3. The van der Waals surface area contributed by atoms with Crippen LogP contribution in [0.3, 0.4) is 0 Å². The van der Waals surface area contributed by atoms with E-state index < -0.39 is 16.6 Å². The summed E-state index contributed by atoms with van der Waals surface area (Å²) >= 11 is 0. The van der Waals surface area contributed by atoms with Crippen LogP contribution in [0.15, 0.2) is 18.2 Å². The Hall–Kier alpha value is -2.61. The Morgan fingerprint density at radius 3 is 2.24 bits per heavy atom. The first-order chi connectivity index (χ1) is 19.6. The van der Waals surface area contributed by atoms with Crippen LogP contribution in [-0.4, -0.2) is 76.2 Å². The Morgan fingerprint density at radius 1 is 0.952 bits per heavy atom. The van der Waals surface area contributed by atoms with Crippen molar-refractivity contribution in [3.05, 3.63) is 34.9 Å². The first-order valence-corrected chi connectivity index (χ1v) is 16.0. The van der Waals surface area contributed by atoms with Crippen LogP contribution in [-0.2, 0) is 26.2 Å². The number of ether oxygens (including phenoxy) is 1. The Kier molecular flexibility index (Phi) is 8.42. The molecule has 4 saturated carbocycles. The summed E-state index contributed by atoms with van der Waals surface area (Å²) in [6.45, 7) is 13.8. The molecule has 1 aromatic rings. The second-order valence-corrected chi connectivity index (χ2v) is 15.2. The maximum atomic E-state index is 13.7. The maximum Gasteiger partial charge on any atom is 0.410 e. The van der Waals surface area contributed by atoms with Crippen molar-refractivity contribution < 1.29 is 24.2 Å². The number of nitrogens with one attached hydrogen (secondary N) is 1. The van der Waals surface area contributed by atoms with Crippen molar-refractivity contribution in [3.8, 4) is 0 Å². The van der Waals surface area contributed by atoms with Gasteiger partial charge in [-0.25, -0.2) is 4.79 Å². The smallest absolute Gasteiger partial charge is 0.410 e. The predicted molar refractivity (Wildman–Crippen MR) is 162 cm³/mol. The number of carbonyl (C=O) groups excluding carboxylic acids is 3. The lowest BCUT2D eigenvalue weighted by Crippen LogP contribution is -2.62. The molecular formula is C34H51N3O5. The second kappa shape index (κ2) is 11.5. The lowest BCUT2D eigenvalue weighted by Gasteiger charge is -2.58. The molecule has 1 heterocycles. The van der Waals surface area contributed by atoms with E-state index in [1.165, 1.54) is 0 Å². The van der Waals surface area contributed by atoms with Gasteiger partial charge in [-0.1, -0.05) is 23.8 Å². The van der Waals surface area contributed by atoms with Gasteiger partial charge in [0.2, 0.25) is 11.8 Å². The predicted octanol–water partition coefficient (Wildman–Crippen LogP) is 4.73. The van der Waals surface area contributed by atoms with Gasteiger partial charge in [-0.05, 0) is 115 Å². The molecule has 232 valence electrons. The lowest BCUT2D eigenvalue weighted by atomic mass is 9.52. The SMILES string of the molecule is Cc1cc(CCC(=O)N2CCCN(C(=O)OC(C)(C)C)CC2)cc(C(C)(C)C(=O)NC2[C@@H]3CC4C[C@H]2CC(O)(C4)C3)c1. The van der Waals surface area contributed by atoms with Gasteiger partial charge in [0.05, 0.1) is 11.0 Å². The van der Waals surface area contributed by atoms with Gasteiger partial charge >= 0.3 is 6.09 Å².